The molecule has 0 bridgehead atoms. The third-order valence-electron chi connectivity index (χ3n) is 5.56. The number of benzene rings is 1. The van der Waals surface area contributed by atoms with E-state index in [1.54, 1.807) is 0 Å². The molecule has 0 heterocycles. The average molecular weight is 492 g/mol. The van der Waals surface area contributed by atoms with Gasteiger partial charge in [0.2, 0.25) is 11.8 Å². The predicted octanol–water partition coefficient (Wildman–Crippen LogP) is 1.55. The van der Waals surface area contributed by atoms with Crippen molar-refractivity contribution >= 4 is 17.7 Å². The number of aliphatic hydroxyl groups is 1. The van der Waals surface area contributed by atoms with Crippen molar-refractivity contribution in [1.82, 2.24) is 21.5 Å². The van der Waals surface area contributed by atoms with E-state index >= 15 is 0 Å². The summed E-state index contributed by atoms with van der Waals surface area (Å²) in [4.78, 5) is 36.9. The van der Waals surface area contributed by atoms with Crippen molar-refractivity contribution in [3.05, 3.63) is 35.9 Å². The fraction of sp³-hybridized carbons (Fsp3) is 0.654. The Balaban J connectivity index is 2.37. The van der Waals surface area contributed by atoms with Gasteiger partial charge in [0.05, 0.1) is 0 Å². The Kier molecular flexibility index (Phi) is 15.6. The number of unbranched alkanes of at least 4 members (excludes halogenated alkanes) is 3. The zero-order valence-electron chi connectivity index (χ0n) is 21.5. The van der Waals surface area contributed by atoms with E-state index in [0.717, 1.165) is 44.2 Å². The molecule has 0 aromatic heterocycles. The van der Waals surface area contributed by atoms with Crippen LogP contribution in [0.5, 0.6) is 0 Å². The maximum atomic E-state index is 12.7. The van der Waals surface area contributed by atoms with Crippen LogP contribution in [0.1, 0.15) is 71.3 Å². The largest absolute Gasteiger partial charge is 0.382 e. The van der Waals surface area contributed by atoms with Gasteiger partial charge >= 0.3 is 0 Å². The van der Waals surface area contributed by atoms with Crippen LogP contribution >= 0.6 is 0 Å². The lowest BCUT2D eigenvalue weighted by atomic mass is 9.99. The van der Waals surface area contributed by atoms with Crippen LogP contribution in [0.2, 0.25) is 0 Å². The smallest absolute Gasteiger partial charge is 0.251 e. The van der Waals surface area contributed by atoms with Crippen molar-refractivity contribution in [2.24, 2.45) is 11.7 Å². The van der Waals surface area contributed by atoms with Crippen molar-refractivity contribution in [2.75, 3.05) is 13.1 Å². The van der Waals surface area contributed by atoms with Gasteiger partial charge < -0.3 is 21.5 Å². The average Bonchev–Trinajstić information content (AvgIpc) is 2.82. The number of hydrogen-bond acceptors (Lipinski definition) is 6. The van der Waals surface area contributed by atoms with E-state index in [1.807, 2.05) is 51.1 Å². The summed E-state index contributed by atoms with van der Waals surface area (Å²) in [5, 5.41) is 16.0. The summed E-state index contributed by atoms with van der Waals surface area (Å²) in [5.41, 5.74) is 12.5. The van der Waals surface area contributed by atoms with Gasteiger partial charge in [0.25, 0.3) is 5.91 Å². The molecule has 0 aliphatic rings. The summed E-state index contributed by atoms with van der Waals surface area (Å²) in [7, 11) is 0. The molecule has 0 spiro atoms. The van der Waals surface area contributed by atoms with Crippen molar-refractivity contribution < 1.29 is 19.5 Å². The van der Waals surface area contributed by atoms with Gasteiger partial charge in [0.15, 0.2) is 0 Å². The van der Waals surface area contributed by atoms with Gasteiger partial charge in [-0.25, -0.2) is 5.43 Å². The molecule has 3 amide bonds. The molecule has 0 saturated heterocycles. The molecule has 0 saturated carbocycles. The van der Waals surface area contributed by atoms with Crippen molar-refractivity contribution in [3.8, 4) is 0 Å². The van der Waals surface area contributed by atoms with Crippen LogP contribution in [0.3, 0.4) is 0 Å². The van der Waals surface area contributed by atoms with E-state index in [4.69, 9.17) is 5.73 Å². The fourth-order valence-corrected chi connectivity index (χ4v) is 3.60. The Hall–Kier alpha value is -2.49. The predicted molar refractivity (Wildman–Crippen MR) is 138 cm³/mol. The van der Waals surface area contributed by atoms with Crippen molar-refractivity contribution in [2.45, 2.75) is 90.3 Å². The topological polar surface area (TPSA) is 146 Å². The first-order valence-electron chi connectivity index (χ1n) is 12.8. The first-order chi connectivity index (χ1) is 16.7. The third kappa shape index (κ3) is 13.9. The van der Waals surface area contributed by atoms with Crippen LogP contribution < -0.4 is 27.2 Å². The molecule has 0 unspecified atom stereocenters. The minimum atomic E-state index is -1.41. The highest BCUT2D eigenvalue weighted by atomic mass is 16.3. The first-order valence-corrected chi connectivity index (χ1v) is 12.8. The lowest BCUT2D eigenvalue weighted by Gasteiger charge is -2.24. The summed E-state index contributed by atoms with van der Waals surface area (Å²) < 4.78 is 0. The summed E-state index contributed by atoms with van der Waals surface area (Å²) in [6.45, 7) is 7.21. The molecule has 198 valence electrons. The molecular weight excluding hydrogens is 446 g/mol. The monoisotopic (exact) mass is 491 g/mol. The molecule has 35 heavy (non-hydrogen) atoms. The van der Waals surface area contributed by atoms with E-state index in [9.17, 15) is 19.5 Å². The molecule has 0 aliphatic carbocycles. The Morgan fingerprint density at radius 1 is 0.971 bits per heavy atom. The maximum Gasteiger partial charge on any atom is 0.251 e. The van der Waals surface area contributed by atoms with Crippen molar-refractivity contribution in [3.63, 3.8) is 0 Å². The highest BCUT2D eigenvalue weighted by Gasteiger charge is 2.28. The zero-order valence-corrected chi connectivity index (χ0v) is 21.5. The molecule has 1 aromatic carbocycles. The Labute approximate surface area is 210 Å². The minimum Gasteiger partial charge on any atom is -0.382 e. The number of amides is 3. The molecule has 7 N–H and O–H groups in total. The maximum absolute atomic E-state index is 12.7. The Morgan fingerprint density at radius 2 is 1.66 bits per heavy atom. The van der Waals surface area contributed by atoms with Crippen LogP contribution in [0, 0.1) is 5.92 Å². The molecule has 0 fully saturated rings. The van der Waals surface area contributed by atoms with Crippen LogP contribution in [-0.2, 0) is 20.8 Å². The Bertz CT molecular complexity index is 745. The van der Waals surface area contributed by atoms with Gasteiger partial charge in [0.1, 0.15) is 12.1 Å². The number of carbonyl (C=O) groups excluding carboxylic acids is 3. The molecule has 1 rings (SSSR count). The van der Waals surface area contributed by atoms with Gasteiger partial charge in [-0.15, -0.1) is 0 Å². The van der Waals surface area contributed by atoms with Gasteiger partial charge in [-0.05, 0) is 43.6 Å². The van der Waals surface area contributed by atoms with Crippen LogP contribution in [0.25, 0.3) is 0 Å². The standard InChI is InChI=1S/C26H45N5O4/c1-4-15-29-31-23(32)14-10-5-6-11-16-28-25(34)22(17-19(2)3)30-26(35)24(33)21(27)18-20-12-8-7-9-13-20/h7-9,12-13,19,21-22,24,29,33H,4-6,10-11,14-18,27H2,1-3H3,(H,28,34)(H,30,35)(H,31,32)/t21-,22+,24+/m1/s1. The highest BCUT2D eigenvalue weighted by molar-refractivity contribution is 5.89. The molecule has 3 atom stereocenters. The minimum absolute atomic E-state index is 0.00954. The molecular formula is C26H45N5O4. The van der Waals surface area contributed by atoms with Gasteiger partial charge in [-0.1, -0.05) is 63.9 Å². The van der Waals surface area contributed by atoms with E-state index in [-0.39, 0.29) is 17.7 Å². The zero-order chi connectivity index (χ0) is 26.1. The van der Waals surface area contributed by atoms with Gasteiger partial charge in [-0.3, -0.25) is 19.8 Å². The van der Waals surface area contributed by atoms with Crippen molar-refractivity contribution in [1.29, 1.82) is 0 Å². The molecule has 9 heteroatoms. The van der Waals surface area contributed by atoms with E-state index in [1.165, 1.54) is 0 Å². The number of hydrogen-bond donors (Lipinski definition) is 6. The lowest BCUT2D eigenvalue weighted by molar-refractivity contribution is -0.135. The number of rotatable bonds is 18. The SMILES string of the molecule is CCCNNC(=O)CCCCCCNC(=O)[C@H](CC(C)C)NC(=O)[C@@H](O)[C@H](N)Cc1ccccc1. The van der Waals surface area contributed by atoms with Crippen LogP contribution in [-0.4, -0.2) is 54.1 Å². The summed E-state index contributed by atoms with van der Waals surface area (Å²) in [6.07, 6.45) is 4.20. The number of carbonyl (C=O) groups is 3. The number of hydrazine groups is 1. The van der Waals surface area contributed by atoms with Crippen LogP contribution in [0.4, 0.5) is 0 Å². The summed E-state index contributed by atoms with van der Waals surface area (Å²) >= 11 is 0. The highest BCUT2D eigenvalue weighted by Crippen LogP contribution is 2.09. The Morgan fingerprint density at radius 3 is 2.31 bits per heavy atom. The lowest BCUT2D eigenvalue weighted by Crippen LogP contribution is -2.54. The second-order valence-electron chi connectivity index (χ2n) is 9.42. The summed E-state index contributed by atoms with van der Waals surface area (Å²) in [6, 6.07) is 7.91. The molecule has 0 aliphatic heterocycles. The molecule has 1 aromatic rings. The van der Waals surface area contributed by atoms with E-state index < -0.39 is 24.1 Å². The first kappa shape index (κ1) is 30.5. The molecule has 9 nitrogen and oxygen atoms in total. The summed E-state index contributed by atoms with van der Waals surface area (Å²) in [5.74, 6) is -0.734. The normalized spacial score (nSPS) is 13.7. The van der Waals surface area contributed by atoms with Gasteiger partial charge in [0, 0.05) is 25.6 Å². The fourth-order valence-electron chi connectivity index (χ4n) is 3.60. The number of aliphatic hydroxyl groups excluding tert-OH is 1. The van der Waals surface area contributed by atoms with E-state index in [0.29, 0.717) is 25.8 Å². The molecule has 0 radical (unpaired) electrons. The number of nitrogens with two attached hydrogens (primary N) is 1. The number of nitrogens with one attached hydrogen (secondary N) is 4. The quantitative estimate of drug-likeness (QED) is 0.136. The second kappa shape index (κ2) is 17.9. The third-order valence-corrected chi connectivity index (χ3v) is 5.56. The van der Waals surface area contributed by atoms with E-state index in [2.05, 4.69) is 21.5 Å². The second-order valence-corrected chi connectivity index (χ2v) is 9.42. The van der Waals surface area contributed by atoms with Crippen LogP contribution in [0.15, 0.2) is 30.3 Å². The van der Waals surface area contributed by atoms with Gasteiger partial charge in [-0.2, -0.15) is 0 Å².